The van der Waals surface area contributed by atoms with Crippen LogP contribution >= 0.6 is 0 Å². The Balaban J connectivity index is 1.45. The lowest BCUT2D eigenvalue weighted by Crippen LogP contribution is -2.47. The van der Waals surface area contributed by atoms with Gasteiger partial charge in [-0.05, 0) is 63.7 Å². The lowest BCUT2D eigenvalue weighted by atomic mass is 9.87. The van der Waals surface area contributed by atoms with E-state index in [1.165, 1.54) is 0 Å². The first-order valence-electron chi connectivity index (χ1n) is 10.8. The van der Waals surface area contributed by atoms with Gasteiger partial charge in [-0.2, -0.15) is 4.31 Å². The molecule has 1 aromatic carbocycles. The summed E-state index contributed by atoms with van der Waals surface area (Å²) in [6, 6.07) is 11.0. The van der Waals surface area contributed by atoms with E-state index < -0.39 is 10.0 Å². The average Bonchev–Trinajstić information content (AvgIpc) is 2.99. The summed E-state index contributed by atoms with van der Waals surface area (Å²) in [5, 5.41) is 3.97. The van der Waals surface area contributed by atoms with Crippen LogP contribution in [0, 0.1) is 12.8 Å². The first-order valence-corrected chi connectivity index (χ1v) is 12.2. The molecule has 158 valence electrons. The van der Waals surface area contributed by atoms with E-state index in [0.29, 0.717) is 17.4 Å². The lowest BCUT2D eigenvalue weighted by Gasteiger charge is -2.39. The summed E-state index contributed by atoms with van der Waals surface area (Å²) in [6.07, 6.45) is 6.20. The first kappa shape index (κ1) is 20.6. The zero-order valence-corrected chi connectivity index (χ0v) is 18.0. The molecule has 0 amide bonds. The number of hydrogen-bond acceptors (Lipinski definition) is 5. The molecule has 0 spiro atoms. The maximum absolute atomic E-state index is 13.4. The van der Waals surface area contributed by atoms with Crippen LogP contribution in [0.5, 0.6) is 0 Å². The van der Waals surface area contributed by atoms with Crippen molar-refractivity contribution in [2.75, 3.05) is 19.6 Å². The van der Waals surface area contributed by atoms with Crippen molar-refractivity contribution in [2.45, 2.75) is 62.9 Å². The molecule has 2 aliphatic rings. The van der Waals surface area contributed by atoms with Crippen LogP contribution < -0.4 is 0 Å². The molecule has 6 nitrogen and oxygen atoms in total. The molecule has 2 saturated heterocycles. The highest BCUT2D eigenvalue weighted by atomic mass is 32.2. The number of sulfonamides is 1. The van der Waals surface area contributed by atoms with Crippen molar-refractivity contribution in [3.63, 3.8) is 0 Å². The zero-order chi connectivity index (χ0) is 20.3. The highest BCUT2D eigenvalue weighted by Gasteiger charge is 2.38. The van der Waals surface area contributed by atoms with Crippen LogP contribution in [0.1, 0.15) is 50.0 Å². The third kappa shape index (κ3) is 4.73. The second-order valence-electron chi connectivity index (χ2n) is 8.39. The van der Waals surface area contributed by atoms with Crippen LogP contribution in [0.15, 0.2) is 45.8 Å². The largest absolute Gasteiger partial charge is 0.360 e. The van der Waals surface area contributed by atoms with E-state index in [9.17, 15) is 8.42 Å². The van der Waals surface area contributed by atoms with Gasteiger partial charge in [0.15, 0.2) is 5.76 Å². The van der Waals surface area contributed by atoms with Gasteiger partial charge in [0.05, 0.1) is 17.1 Å². The molecule has 0 N–H and O–H groups in total. The lowest BCUT2D eigenvalue weighted by molar-refractivity contribution is 0.116. The highest BCUT2D eigenvalue weighted by Crippen LogP contribution is 2.33. The Morgan fingerprint density at radius 1 is 1.03 bits per heavy atom. The summed E-state index contributed by atoms with van der Waals surface area (Å²) >= 11 is 0. The molecule has 1 aromatic heterocycles. The molecule has 29 heavy (non-hydrogen) atoms. The number of likely N-dealkylation sites (tertiary alicyclic amines) is 1. The fraction of sp³-hybridized carbons (Fsp3) is 0.591. The van der Waals surface area contributed by atoms with Crippen molar-refractivity contribution in [1.82, 2.24) is 14.4 Å². The van der Waals surface area contributed by atoms with Crippen molar-refractivity contribution in [2.24, 2.45) is 5.92 Å². The normalized spacial score (nSPS) is 23.1. The molecule has 0 radical (unpaired) electrons. The monoisotopic (exact) mass is 417 g/mol. The Morgan fingerprint density at radius 3 is 2.48 bits per heavy atom. The Bertz CT molecular complexity index is 889. The predicted octanol–water partition coefficient (Wildman–Crippen LogP) is 3.83. The number of aryl methyl sites for hydroxylation is 1. The van der Waals surface area contributed by atoms with Crippen molar-refractivity contribution < 1.29 is 12.9 Å². The van der Waals surface area contributed by atoms with E-state index in [2.05, 4.69) is 10.1 Å². The molecule has 2 aromatic rings. The van der Waals surface area contributed by atoms with Crippen LogP contribution in [0.25, 0.3) is 0 Å². The number of rotatable bonds is 5. The fourth-order valence-corrected chi connectivity index (χ4v) is 6.59. The van der Waals surface area contributed by atoms with E-state index in [-0.39, 0.29) is 6.04 Å². The van der Waals surface area contributed by atoms with E-state index in [0.717, 1.165) is 69.6 Å². The summed E-state index contributed by atoms with van der Waals surface area (Å²) in [5.74, 6) is 1.32. The maximum Gasteiger partial charge on any atom is 0.243 e. The van der Waals surface area contributed by atoms with Crippen LogP contribution in [0.3, 0.4) is 0 Å². The molecule has 0 saturated carbocycles. The van der Waals surface area contributed by atoms with E-state index in [1.807, 2.05) is 35.5 Å². The minimum absolute atomic E-state index is 0.109. The smallest absolute Gasteiger partial charge is 0.243 e. The molecule has 2 aliphatic heterocycles. The van der Waals surface area contributed by atoms with Gasteiger partial charge < -0.3 is 4.52 Å². The van der Waals surface area contributed by atoms with Gasteiger partial charge in [0, 0.05) is 18.7 Å². The molecule has 2 fully saturated rings. The first-order chi connectivity index (χ1) is 14.0. The second-order valence-corrected chi connectivity index (χ2v) is 10.3. The van der Waals surface area contributed by atoms with Crippen LogP contribution in [0.2, 0.25) is 0 Å². The summed E-state index contributed by atoms with van der Waals surface area (Å²) in [5.41, 5.74) is 0.912. The van der Waals surface area contributed by atoms with Crippen molar-refractivity contribution in [3.8, 4) is 0 Å². The summed E-state index contributed by atoms with van der Waals surface area (Å²) < 4.78 is 34.0. The van der Waals surface area contributed by atoms with Crippen molar-refractivity contribution >= 4 is 10.0 Å². The average molecular weight is 418 g/mol. The molecule has 0 bridgehead atoms. The summed E-state index contributed by atoms with van der Waals surface area (Å²) in [6.45, 7) is 5.30. The Morgan fingerprint density at radius 2 is 1.79 bits per heavy atom. The Labute approximate surface area is 173 Å². The number of hydrogen-bond donors (Lipinski definition) is 0. The fourth-order valence-electron chi connectivity index (χ4n) is 4.81. The van der Waals surface area contributed by atoms with Gasteiger partial charge >= 0.3 is 0 Å². The molecule has 0 unspecified atom stereocenters. The predicted molar refractivity (Wildman–Crippen MR) is 112 cm³/mol. The van der Waals surface area contributed by atoms with Crippen LogP contribution in [-0.4, -0.2) is 48.5 Å². The van der Waals surface area contributed by atoms with Gasteiger partial charge in [0.25, 0.3) is 0 Å². The molecule has 1 atom stereocenters. The topological polar surface area (TPSA) is 66.7 Å². The van der Waals surface area contributed by atoms with Crippen LogP contribution in [-0.2, 0) is 16.6 Å². The minimum Gasteiger partial charge on any atom is -0.360 e. The minimum atomic E-state index is -3.45. The van der Waals surface area contributed by atoms with Gasteiger partial charge in [0.2, 0.25) is 10.0 Å². The second kappa shape index (κ2) is 8.98. The van der Waals surface area contributed by atoms with Crippen molar-refractivity contribution in [1.29, 1.82) is 0 Å². The quantitative estimate of drug-likeness (QED) is 0.740. The van der Waals surface area contributed by atoms with Gasteiger partial charge in [-0.1, -0.05) is 36.2 Å². The molecule has 3 heterocycles. The van der Waals surface area contributed by atoms with Gasteiger partial charge in [0.1, 0.15) is 0 Å². The number of benzene rings is 1. The molecule has 7 heteroatoms. The third-order valence-electron chi connectivity index (χ3n) is 6.33. The number of piperidine rings is 1. The number of nitrogens with zero attached hydrogens (tertiary/aromatic N) is 3. The number of aromatic nitrogens is 1. The van der Waals surface area contributed by atoms with Gasteiger partial charge in [-0.15, -0.1) is 0 Å². The molecule has 0 aliphatic carbocycles. The Kier molecular flexibility index (Phi) is 6.37. The maximum atomic E-state index is 13.4. The van der Waals surface area contributed by atoms with Crippen LogP contribution in [0.4, 0.5) is 0 Å². The molecular weight excluding hydrogens is 386 g/mol. The molecule has 4 rings (SSSR count). The standard InChI is InChI=1S/C22H31N3O3S/c1-18-16-20(28-23-18)17-24-14-11-19(12-15-24)22-10-6-3-7-13-25(22)29(26,27)21-8-4-2-5-9-21/h2,4-5,8-9,16,19,22H,3,6-7,10-15,17H2,1H3/t22-/m0/s1. The van der Waals surface area contributed by atoms with E-state index in [4.69, 9.17) is 4.52 Å². The summed E-state index contributed by atoms with van der Waals surface area (Å²) in [4.78, 5) is 2.81. The SMILES string of the molecule is Cc1cc(CN2CCC([C@@H]3CCCCCN3S(=O)(=O)c3ccccc3)CC2)on1. The Hall–Kier alpha value is -1.70. The van der Waals surface area contributed by atoms with Gasteiger partial charge in [-0.25, -0.2) is 8.42 Å². The molecular formula is C22H31N3O3S. The third-order valence-corrected chi connectivity index (χ3v) is 8.27. The van der Waals surface area contributed by atoms with Crippen molar-refractivity contribution in [3.05, 3.63) is 47.9 Å². The summed E-state index contributed by atoms with van der Waals surface area (Å²) in [7, 11) is -3.45. The highest BCUT2D eigenvalue weighted by molar-refractivity contribution is 7.89. The zero-order valence-electron chi connectivity index (χ0n) is 17.2. The van der Waals surface area contributed by atoms with E-state index >= 15 is 0 Å². The van der Waals surface area contributed by atoms with Gasteiger partial charge in [-0.3, -0.25) is 4.90 Å². The van der Waals surface area contributed by atoms with E-state index in [1.54, 1.807) is 12.1 Å².